The average molecular weight is 228 g/mol. The molecule has 0 radical (unpaired) electrons. The van der Waals surface area contributed by atoms with Gasteiger partial charge >= 0.3 is 11.8 Å². The molecule has 0 fully saturated rings. The van der Waals surface area contributed by atoms with E-state index < -0.39 is 11.8 Å². The smallest absolute Gasteiger partial charge is 0.311 e. The van der Waals surface area contributed by atoms with Crippen LogP contribution in [-0.4, -0.2) is 35.8 Å². The van der Waals surface area contributed by atoms with E-state index in [1.54, 1.807) is 4.90 Å². The van der Waals surface area contributed by atoms with Gasteiger partial charge in [-0.15, -0.1) is 0 Å². The van der Waals surface area contributed by atoms with E-state index in [0.29, 0.717) is 13.1 Å². The molecule has 0 aliphatic carbocycles. The molecule has 0 bridgehead atoms. The minimum atomic E-state index is -0.487. The molecular weight excluding hydrogens is 204 g/mol. The summed E-state index contributed by atoms with van der Waals surface area (Å²) in [6, 6.07) is 0.00565. The van der Waals surface area contributed by atoms with Crippen LogP contribution in [0.25, 0.3) is 0 Å². The van der Waals surface area contributed by atoms with Crippen LogP contribution in [0.5, 0.6) is 0 Å². The van der Waals surface area contributed by atoms with Gasteiger partial charge in [0.25, 0.3) is 0 Å². The van der Waals surface area contributed by atoms with Gasteiger partial charge in [-0.1, -0.05) is 20.3 Å². The van der Waals surface area contributed by atoms with Crippen LogP contribution < -0.4 is 5.32 Å². The highest BCUT2D eigenvalue weighted by molar-refractivity contribution is 6.35. The lowest BCUT2D eigenvalue weighted by Gasteiger charge is -2.21. The zero-order valence-corrected chi connectivity index (χ0v) is 10.9. The van der Waals surface area contributed by atoms with Gasteiger partial charge in [0, 0.05) is 19.1 Å². The molecule has 0 unspecified atom stereocenters. The van der Waals surface area contributed by atoms with E-state index in [4.69, 9.17) is 0 Å². The van der Waals surface area contributed by atoms with Gasteiger partial charge in [-0.05, 0) is 26.7 Å². The molecule has 16 heavy (non-hydrogen) atoms. The van der Waals surface area contributed by atoms with Gasteiger partial charge in [0.15, 0.2) is 0 Å². The number of amides is 2. The zero-order valence-electron chi connectivity index (χ0n) is 10.9. The van der Waals surface area contributed by atoms with Gasteiger partial charge in [-0.3, -0.25) is 9.59 Å². The first-order valence-corrected chi connectivity index (χ1v) is 6.12. The van der Waals surface area contributed by atoms with Crippen LogP contribution in [-0.2, 0) is 9.59 Å². The molecule has 0 atom stereocenters. The summed E-state index contributed by atoms with van der Waals surface area (Å²) in [6.07, 6.45) is 2.85. The topological polar surface area (TPSA) is 49.4 Å². The number of hydrogen-bond donors (Lipinski definition) is 1. The third-order valence-corrected chi connectivity index (χ3v) is 2.18. The number of carbonyl (C=O) groups is 2. The molecule has 0 rings (SSSR count). The van der Waals surface area contributed by atoms with Crippen molar-refractivity contribution in [2.24, 2.45) is 0 Å². The SMILES string of the molecule is CCCCN(CCC)C(=O)C(=O)NC(C)C. The van der Waals surface area contributed by atoms with E-state index in [0.717, 1.165) is 19.3 Å². The van der Waals surface area contributed by atoms with Crippen LogP contribution in [0.3, 0.4) is 0 Å². The molecule has 0 heterocycles. The van der Waals surface area contributed by atoms with Gasteiger partial charge in [-0.25, -0.2) is 0 Å². The summed E-state index contributed by atoms with van der Waals surface area (Å²) >= 11 is 0. The third kappa shape index (κ3) is 5.73. The quantitative estimate of drug-likeness (QED) is 0.701. The van der Waals surface area contributed by atoms with Gasteiger partial charge in [0.2, 0.25) is 0 Å². The molecule has 1 N–H and O–H groups in total. The first-order valence-electron chi connectivity index (χ1n) is 6.12. The largest absolute Gasteiger partial charge is 0.346 e. The van der Waals surface area contributed by atoms with Gasteiger partial charge < -0.3 is 10.2 Å². The maximum absolute atomic E-state index is 11.8. The fraction of sp³-hybridized carbons (Fsp3) is 0.833. The normalized spacial score (nSPS) is 10.3. The second-order valence-electron chi connectivity index (χ2n) is 4.27. The molecule has 2 amide bonds. The van der Waals surface area contributed by atoms with Crippen molar-refractivity contribution in [3.63, 3.8) is 0 Å². The molecule has 4 heteroatoms. The summed E-state index contributed by atoms with van der Waals surface area (Å²) < 4.78 is 0. The minimum absolute atomic E-state index is 0.00565. The Morgan fingerprint density at radius 1 is 1.12 bits per heavy atom. The zero-order chi connectivity index (χ0) is 12.6. The molecule has 0 aliphatic rings. The molecule has 94 valence electrons. The molecule has 0 saturated heterocycles. The lowest BCUT2D eigenvalue weighted by Crippen LogP contribution is -2.45. The Morgan fingerprint density at radius 2 is 1.75 bits per heavy atom. The Balaban J connectivity index is 4.29. The van der Waals surface area contributed by atoms with Crippen molar-refractivity contribution < 1.29 is 9.59 Å². The molecular formula is C12H24N2O2. The number of nitrogens with one attached hydrogen (secondary N) is 1. The second kappa shape index (κ2) is 8.13. The Hall–Kier alpha value is -1.06. The first kappa shape index (κ1) is 14.9. The van der Waals surface area contributed by atoms with E-state index in [2.05, 4.69) is 12.2 Å². The highest BCUT2D eigenvalue weighted by atomic mass is 16.2. The van der Waals surface area contributed by atoms with Crippen molar-refractivity contribution in [2.45, 2.75) is 53.0 Å². The number of rotatable bonds is 6. The fourth-order valence-electron chi connectivity index (χ4n) is 1.40. The Labute approximate surface area is 98.4 Å². The monoisotopic (exact) mass is 228 g/mol. The molecule has 0 saturated carbocycles. The molecule has 0 aromatic rings. The van der Waals surface area contributed by atoms with Crippen molar-refractivity contribution in [3.05, 3.63) is 0 Å². The van der Waals surface area contributed by atoms with Crippen LogP contribution in [0.4, 0.5) is 0 Å². The number of hydrogen-bond acceptors (Lipinski definition) is 2. The minimum Gasteiger partial charge on any atom is -0.346 e. The van der Waals surface area contributed by atoms with Crippen LogP contribution in [0.2, 0.25) is 0 Å². The van der Waals surface area contributed by atoms with Crippen molar-refractivity contribution in [1.82, 2.24) is 10.2 Å². The Bertz CT molecular complexity index is 227. The third-order valence-electron chi connectivity index (χ3n) is 2.18. The van der Waals surface area contributed by atoms with Gasteiger partial charge in [0.05, 0.1) is 0 Å². The summed E-state index contributed by atoms with van der Waals surface area (Å²) in [5.41, 5.74) is 0. The number of nitrogens with zero attached hydrogens (tertiary/aromatic N) is 1. The molecule has 0 aromatic heterocycles. The summed E-state index contributed by atoms with van der Waals surface area (Å²) in [5.74, 6) is -0.886. The molecule has 4 nitrogen and oxygen atoms in total. The maximum Gasteiger partial charge on any atom is 0.311 e. The molecule has 0 spiro atoms. The Morgan fingerprint density at radius 3 is 2.19 bits per heavy atom. The van der Waals surface area contributed by atoms with Crippen molar-refractivity contribution in [3.8, 4) is 0 Å². The van der Waals surface area contributed by atoms with Crippen molar-refractivity contribution in [1.29, 1.82) is 0 Å². The number of unbranched alkanes of at least 4 members (excludes halogenated alkanes) is 1. The highest BCUT2D eigenvalue weighted by Gasteiger charge is 2.20. The summed E-state index contributed by atoms with van der Waals surface area (Å²) in [6.45, 7) is 9.11. The summed E-state index contributed by atoms with van der Waals surface area (Å²) in [4.78, 5) is 25.0. The average Bonchev–Trinajstić information content (AvgIpc) is 2.22. The van der Waals surface area contributed by atoms with Crippen molar-refractivity contribution in [2.75, 3.05) is 13.1 Å². The van der Waals surface area contributed by atoms with Crippen LogP contribution in [0, 0.1) is 0 Å². The molecule has 0 aliphatic heterocycles. The van der Waals surface area contributed by atoms with E-state index >= 15 is 0 Å². The lowest BCUT2D eigenvalue weighted by molar-refractivity contribution is -0.146. The maximum atomic E-state index is 11.8. The van der Waals surface area contributed by atoms with Crippen molar-refractivity contribution >= 4 is 11.8 Å². The Kier molecular flexibility index (Phi) is 7.60. The summed E-state index contributed by atoms with van der Waals surface area (Å²) in [7, 11) is 0. The van der Waals surface area contributed by atoms with E-state index in [1.165, 1.54) is 0 Å². The molecule has 0 aromatic carbocycles. The van der Waals surface area contributed by atoms with Crippen LogP contribution in [0.1, 0.15) is 47.0 Å². The number of carbonyl (C=O) groups excluding carboxylic acids is 2. The van der Waals surface area contributed by atoms with E-state index in [1.807, 2.05) is 20.8 Å². The van der Waals surface area contributed by atoms with Gasteiger partial charge in [-0.2, -0.15) is 0 Å². The van der Waals surface area contributed by atoms with Crippen LogP contribution >= 0.6 is 0 Å². The second-order valence-corrected chi connectivity index (χ2v) is 4.27. The predicted molar refractivity (Wildman–Crippen MR) is 65.1 cm³/mol. The first-order chi connectivity index (χ1) is 7.52. The van der Waals surface area contributed by atoms with Crippen LogP contribution in [0.15, 0.2) is 0 Å². The van der Waals surface area contributed by atoms with E-state index in [9.17, 15) is 9.59 Å². The van der Waals surface area contributed by atoms with Gasteiger partial charge in [0.1, 0.15) is 0 Å². The van der Waals surface area contributed by atoms with E-state index in [-0.39, 0.29) is 6.04 Å². The fourth-order valence-corrected chi connectivity index (χ4v) is 1.40. The lowest BCUT2D eigenvalue weighted by atomic mass is 10.3. The standard InChI is InChI=1S/C12H24N2O2/c1-5-7-9-14(8-6-2)12(16)11(15)13-10(3)4/h10H,5-9H2,1-4H3,(H,13,15). The predicted octanol–water partition coefficient (Wildman–Crippen LogP) is 1.55. The highest BCUT2D eigenvalue weighted by Crippen LogP contribution is 1.98. The summed E-state index contributed by atoms with van der Waals surface area (Å²) in [5, 5.41) is 2.63.